The Morgan fingerprint density at radius 3 is 2.62 bits per heavy atom. The second kappa shape index (κ2) is 5.71. The van der Waals surface area contributed by atoms with Crippen molar-refractivity contribution in [1.29, 1.82) is 0 Å². The Hall–Kier alpha value is -0.910. The maximum Gasteiger partial charge on any atom is 0.139 e. The minimum atomic E-state index is -0.335. The highest BCUT2D eigenvalue weighted by Crippen LogP contribution is 2.29. The summed E-state index contributed by atoms with van der Waals surface area (Å²) < 4.78 is 17.0. The zero-order valence-corrected chi connectivity index (χ0v) is 14.9. The fourth-order valence-corrected chi connectivity index (χ4v) is 3.10. The van der Waals surface area contributed by atoms with Crippen LogP contribution in [0, 0.1) is 12.7 Å². The van der Waals surface area contributed by atoms with E-state index < -0.39 is 0 Å². The maximum atomic E-state index is 13.7. The topological polar surface area (TPSA) is 17.8 Å². The Labute approximate surface area is 143 Å². The fourth-order valence-electron chi connectivity index (χ4n) is 2.22. The number of hydrogen-bond donors (Lipinski definition) is 0. The minimum Gasteiger partial charge on any atom is -0.295 e. The summed E-state index contributed by atoms with van der Waals surface area (Å²) in [5.74, 6) is 0.595. The highest BCUT2D eigenvalue weighted by molar-refractivity contribution is 9.10. The highest BCUT2D eigenvalue weighted by atomic mass is 79.9. The summed E-state index contributed by atoms with van der Waals surface area (Å²) >= 11 is 12.8. The molecule has 0 aliphatic heterocycles. The third-order valence-electron chi connectivity index (χ3n) is 3.30. The van der Waals surface area contributed by atoms with Crippen LogP contribution in [-0.2, 0) is 5.88 Å². The lowest BCUT2D eigenvalue weighted by Crippen LogP contribution is -1.99. The number of imidazole rings is 1. The number of nitrogens with zero attached hydrogens (tertiary/aromatic N) is 2. The van der Waals surface area contributed by atoms with E-state index in [1.807, 2.05) is 29.7 Å². The number of alkyl halides is 1. The van der Waals surface area contributed by atoms with Crippen LogP contribution in [0.3, 0.4) is 0 Å². The van der Waals surface area contributed by atoms with Gasteiger partial charge in [-0.15, -0.1) is 11.6 Å². The van der Waals surface area contributed by atoms with Crippen molar-refractivity contribution >= 4 is 54.5 Å². The molecule has 0 unspecified atom stereocenters. The molecule has 2 aromatic carbocycles. The standard InChI is InChI=1S/C15H10Br2ClFN2/c1-8-2-3-9(4-10(8)16)21-14-5-11(17)12(19)6-13(14)20-15(21)7-18/h2-6H,7H2,1H3. The second-order valence-electron chi connectivity index (χ2n) is 4.69. The predicted molar refractivity (Wildman–Crippen MR) is 90.7 cm³/mol. The Morgan fingerprint density at radius 1 is 1.19 bits per heavy atom. The van der Waals surface area contributed by atoms with Gasteiger partial charge in [-0.05, 0) is 46.6 Å². The van der Waals surface area contributed by atoms with Crippen LogP contribution in [-0.4, -0.2) is 9.55 Å². The van der Waals surface area contributed by atoms with Gasteiger partial charge in [0.15, 0.2) is 0 Å². The number of benzene rings is 2. The summed E-state index contributed by atoms with van der Waals surface area (Å²) in [4.78, 5) is 4.42. The molecule has 6 heteroatoms. The number of hydrogen-bond acceptors (Lipinski definition) is 1. The molecule has 0 saturated heterocycles. The predicted octanol–water partition coefficient (Wildman–Crippen LogP) is 5.74. The van der Waals surface area contributed by atoms with Crippen LogP contribution in [0.5, 0.6) is 0 Å². The molecule has 0 fully saturated rings. The third-order valence-corrected chi connectivity index (χ3v) is 5.00. The van der Waals surface area contributed by atoms with Crippen LogP contribution in [0.2, 0.25) is 0 Å². The van der Waals surface area contributed by atoms with Crippen LogP contribution >= 0.6 is 43.5 Å². The summed E-state index contributed by atoms with van der Waals surface area (Å²) in [6, 6.07) is 9.15. The smallest absolute Gasteiger partial charge is 0.139 e. The van der Waals surface area contributed by atoms with Gasteiger partial charge < -0.3 is 0 Å². The van der Waals surface area contributed by atoms with Crippen LogP contribution in [0.25, 0.3) is 16.7 Å². The molecule has 0 N–H and O–H groups in total. The summed E-state index contributed by atoms with van der Waals surface area (Å²) in [6.45, 7) is 2.02. The Bertz CT molecular complexity index is 845. The molecule has 0 amide bonds. The summed E-state index contributed by atoms with van der Waals surface area (Å²) in [6.07, 6.45) is 0. The molecule has 108 valence electrons. The van der Waals surface area contributed by atoms with Gasteiger partial charge in [0.2, 0.25) is 0 Å². The van der Waals surface area contributed by atoms with Crippen molar-refractivity contribution in [3.05, 3.63) is 56.5 Å². The van der Waals surface area contributed by atoms with Crippen molar-refractivity contribution in [1.82, 2.24) is 9.55 Å². The second-order valence-corrected chi connectivity index (χ2v) is 6.66. The number of halogens is 4. The average Bonchev–Trinajstić information content (AvgIpc) is 2.80. The van der Waals surface area contributed by atoms with E-state index in [9.17, 15) is 4.39 Å². The van der Waals surface area contributed by atoms with E-state index in [4.69, 9.17) is 11.6 Å². The number of fused-ring (bicyclic) bond motifs is 1. The van der Waals surface area contributed by atoms with E-state index in [2.05, 4.69) is 36.8 Å². The summed E-state index contributed by atoms with van der Waals surface area (Å²) in [7, 11) is 0. The van der Waals surface area contributed by atoms with E-state index in [-0.39, 0.29) is 11.7 Å². The van der Waals surface area contributed by atoms with Crippen molar-refractivity contribution in [2.75, 3.05) is 0 Å². The highest BCUT2D eigenvalue weighted by Gasteiger charge is 2.14. The molecule has 1 aromatic heterocycles. The van der Waals surface area contributed by atoms with E-state index in [1.54, 1.807) is 6.07 Å². The molecule has 2 nitrogen and oxygen atoms in total. The lowest BCUT2D eigenvalue weighted by molar-refractivity contribution is 0.623. The molecule has 3 aromatic rings. The molecular formula is C15H10Br2ClFN2. The Morgan fingerprint density at radius 2 is 1.95 bits per heavy atom. The number of aromatic nitrogens is 2. The molecule has 0 aliphatic carbocycles. The van der Waals surface area contributed by atoms with Crippen LogP contribution in [0.1, 0.15) is 11.4 Å². The lowest BCUT2D eigenvalue weighted by Gasteiger charge is -2.10. The van der Waals surface area contributed by atoms with Gasteiger partial charge in [-0.2, -0.15) is 0 Å². The first-order valence-corrected chi connectivity index (χ1v) is 8.32. The van der Waals surface area contributed by atoms with E-state index in [0.29, 0.717) is 15.8 Å². The molecule has 0 atom stereocenters. The van der Waals surface area contributed by atoms with Gasteiger partial charge in [0.1, 0.15) is 11.6 Å². The van der Waals surface area contributed by atoms with E-state index in [1.165, 1.54) is 6.07 Å². The molecule has 0 spiro atoms. The first-order chi connectivity index (χ1) is 10.0. The van der Waals surface area contributed by atoms with Gasteiger partial charge in [0.25, 0.3) is 0 Å². The number of rotatable bonds is 2. The first-order valence-electron chi connectivity index (χ1n) is 6.20. The Balaban J connectivity index is 2.34. The van der Waals surface area contributed by atoms with Crippen molar-refractivity contribution in [3.8, 4) is 5.69 Å². The normalized spacial score (nSPS) is 11.3. The quantitative estimate of drug-likeness (QED) is 0.473. The van der Waals surface area contributed by atoms with Gasteiger partial charge in [-0.25, -0.2) is 9.37 Å². The van der Waals surface area contributed by atoms with E-state index >= 15 is 0 Å². The molecule has 21 heavy (non-hydrogen) atoms. The summed E-state index contributed by atoms with van der Waals surface area (Å²) in [5, 5.41) is 0. The van der Waals surface area contributed by atoms with Gasteiger partial charge in [-0.3, -0.25) is 4.57 Å². The summed E-state index contributed by atoms with van der Waals surface area (Å²) in [5.41, 5.74) is 3.48. The fraction of sp³-hybridized carbons (Fsp3) is 0.133. The van der Waals surface area contributed by atoms with Gasteiger partial charge in [0.05, 0.1) is 21.4 Å². The third kappa shape index (κ3) is 2.62. The molecular weight excluding hydrogens is 422 g/mol. The molecule has 1 heterocycles. The molecule has 3 rings (SSSR count). The van der Waals surface area contributed by atoms with Gasteiger partial charge in [-0.1, -0.05) is 22.0 Å². The van der Waals surface area contributed by atoms with Crippen molar-refractivity contribution < 1.29 is 4.39 Å². The van der Waals surface area contributed by atoms with Gasteiger partial charge >= 0.3 is 0 Å². The monoisotopic (exact) mass is 430 g/mol. The first kappa shape index (κ1) is 15.0. The van der Waals surface area contributed by atoms with Crippen LogP contribution in [0.4, 0.5) is 4.39 Å². The van der Waals surface area contributed by atoms with Crippen molar-refractivity contribution in [2.45, 2.75) is 12.8 Å². The van der Waals surface area contributed by atoms with Crippen molar-refractivity contribution in [3.63, 3.8) is 0 Å². The SMILES string of the molecule is Cc1ccc(-n2c(CCl)nc3cc(F)c(Br)cc32)cc1Br. The number of aryl methyl sites for hydroxylation is 1. The van der Waals surface area contributed by atoms with E-state index in [0.717, 1.165) is 21.2 Å². The maximum absolute atomic E-state index is 13.7. The molecule has 0 radical (unpaired) electrons. The lowest BCUT2D eigenvalue weighted by atomic mass is 10.2. The zero-order chi connectivity index (χ0) is 15.1. The van der Waals surface area contributed by atoms with Crippen molar-refractivity contribution in [2.24, 2.45) is 0 Å². The van der Waals surface area contributed by atoms with Crippen LogP contribution < -0.4 is 0 Å². The van der Waals surface area contributed by atoms with Gasteiger partial charge in [0, 0.05) is 16.2 Å². The molecule has 0 aliphatic rings. The van der Waals surface area contributed by atoms with Crippen LogP contribution in [0.15, 0.2) is 39.3 Å². The minimum absolute atomic E-state index is 0.249. The average molecular weight is 433 g/mol. The Kier molecular flexibility index (Phi) is 4.08. The zero-order valence-electron chi connectivity index (χ0n) is 11.0. The molecule has 0 bridgehead atoms. The molecule has 0 saturated carbocycles. The largest absolute Gasteiger partial charge is 0.295 e.